The maximum absolute atomic E-state index is 8.89. The molecule has 2 aromatic carbocycles. The third-order valence-corrected chi connectivity index (χ3v) is 3.53. The lowest BCUT2D eigenvalue weighted by Gasteiger charge is -2.13. The Morgan fingerprint density at radius 3 is 2.75 bits per heavy atom. The molecule has 0 aliphatic rings. The van der Waals surface area contributed by atoms with Crippen LogP contribution in [0.15, 0.2) is 46.9 Å². The highest BCUT2D eigenvalue weighted by Gasteiger charge is 2.08. The van der Waals surface area contributed by atoms with Crippen LogP contribution >= 0.6 is 15.9 Å². The molecule has 0 saturated heterocycles. The predicted octanol–water partition coefficient (Wildman–Crippen LogP) is 3.40. The highest BCUT2D eigenvalue weighted by Crippen LogP contribution is 2.30. The number of ether oxygens (including phenoxy) is 1. The molecule has 20 heavy (non-hydrogen) atoms. The lowest BCUT2D eigenvalue weighted by atomic mass is 10.1. The van der Waals surface area contributed by atoms with E-state index >= 15 is 0 Å². The second kappa shape index (κ2) is 7.09. The molecule has 0 unspecified atom stereocenters. The summed E-state index contributed by atoms with van der Waals surface area (Å²) < 4.78 is 6.81. The van der Waals surface area contributed by atoms with Crippen molar-refractivity contribution in [3.8, 4) is 11.8 Å². The zero-order valence-corrected chi connectivity index (χ0v) is 12.6. The molecule has 0 fully saturated rings. The van der Waals surface area contributed by atoms with Gasteiger partial charge < -0.3 is 10.5 Å². The van der Waals surface area contributed by atoms with E-state index in [0.29, 0.717) is 18.7 Å². The van der Waals surface area contributed by atoms with Crippen molar-refractivity contribution in [2.45, 2.75) is 13.0 Å². The van der Waals surface area contributed by atoms with Gasteiger partial charge in [-0.15, -0.1) is 0 Å². The number of benzene rings is 2. The van der Waals surface area contributed by atoms with Gasteiger partial charge in [-0.05, 0) is 58.2 Å². The highest BCUT2D eigenvalue weighted by atomic mass is 79.9. The van der Waals surface area contributed by atoms with E-state index in [4.69, 9.17) is 15.7 Å². The first kappa shape index (κ1) is 14.6. The Balaban J connectivity index is 2.16. The molecule has 2 aromatic rings. The van der Waals surface area contributed by atoms with Crippen LogP contribution in [0.4, 0.5) is 0 Å². The van der Waals surface area contributed by atoms with Gasteiger partial charge in [-0.1, -0.05) is 24.3 Å². The molecule has 0 heterocycles. The summed E-state index contributed by atoms with van der Waals surface area (Å²) in [6, 6.07) is 15.5. The third-order valence-electron chi connectivity index (χ3n) is 2.90. The van der Waals surface area contributed by atoms with Gasteiger partial charge in [0, 0.05) is 0 Å². The summed E-state index contributed by atoms with van der Waals surface area (Å²) in [6.07, 6.45) is 0.771. The van der Waals surface area contributed by atoms with E-state index in [1.807, 2.05) is 36.4 Å². The summed E-state index contributed by atoms with van der Waals surface area (Å²) in [5.41, 5.74) is 8.31. The number of nitriles is 1. The van der Waals surface area contributed by atoms with Gasteiger partial charge in [0.1, 0.15) is 12.4 Å². The first-order chi connectivity index (χ1) is 9.74. The summed E-state index contributed by atoms with van der Waals surface area (Å²) in [7, 11) is 0. The van der Waals surface area contributed by atoms with Crippen LogP contribution in [0.2, 0.25) is 0 Å². The Bertz CT molecular complexity index is 635. The maximum atomic E-state index is 8.89. The molecule has 0 aromatic heterocycles. The van der Waals surface area contributed by atoms with E-state index in [-0.39, 0.29) is 0 Å². The van der Waals surface area contributed by atoms with Crippen molar-refractivity contribution in [2.75, 3.05) is 6.54 Å². The molecule has 102 valence electrons. The minimum Gasteiger partial charge on any atom is -0.487 e. The summed E-state index contributed by atoms with van der Waals surface area (Å²) >= 11 is 3.50. The average molecular weight is 331 g/mol. The molecule has 2 N–H and O–H groups in total. The zero-order chi connectivity index (χ0) is 14.4. The van der Waals surface area contributed by atoms with Gasteiger partial charge in [-0.2, -0.15) is 5.26 Å². The molecule has 0 radical (unpaired) electrons. The molecule has 0 aliphatic carbocycles. The van der Waals surface area contributed by atoms with Crippen LogP contribution in [0, 0.1) is 11.3 Å². The van der Waals surface area contributed by atoms with E-state index < -0.39 is 0 Å². The van der Waals surface area contributed by atoms with Crippen molar-refractivity contribution < 1.29 is 4.74 Å². The Labute approximate surface area is 127 Å². The third kappa shape index (κ3) is 3.60. The van der Waals surface area contributed by atoms with Gasteiger partial charge in [0.2, 0.25) is 0 Å². The maximum Gasteiger partial charge on any atom is 0.137 e. The number of nitrogens with zero attached hydrogens (tertiary/aromatic N) is 1. The van der Waals surface area contributed by atoms with E-state index in [9.17, 15) is 0 Å². The van der Waals surface area contributed by atoms with Gasteiger partial charge in [-0.25, -0.2) is 0 Å². The van der Waals surface area contributed by atoms with Crippen molar-refractivity contribution in [3.63, 3.8) is 0 Å². The first-order valence-electron chi connectivity index (χ1n) is 6.34. The Morgan fingerprint density at radius 2 is 2.00 bits per heavy atom. The average Bonchev–Trinajstić information content (AvgIpc) is 2.47. The van der Waals surface area contributed by atoms with E-state index in [1.54, 1.807) is 6.07 Å². The summed E-state index contributed by atoms with van der Waals surface area (Å²) in [6.45, 7) is 1.01. The number of hydrogen-bond acceptors (Lipinski definition) is 3. The number of rotatable bonds is 5. The van der Waals surface area contributed by atoms with Crippen molar-refractivity contribution in [1.29, 1.82) is 5.26 Å². The van der Waals surface area contributed by atoms with Crippen molar-refractivity contribution >= 4 is 15.9 Å². The van der Waals surface area contributed by atoms with Crippen LogP contribution in [0.5, 0.6) is 5.75 Å². The Kier molecular flexibility index (Phi) is 5.16. The number of para-hydroxylation sites is 1. The minimum atomic E-state index is 0.426. The van der Waals surface area contributed by atoms with Crippen molar-refractivity contribution in [1.82, 2.24) is 0 Å². The van der Waals surface area contributed by atoms with Gasteiger partial charge in [0.15, 0.2) is 0 Å². The number of halogens is 1. The molecular formula is C16H15BrN2O. The lowest BCUT2D eigenvalue weighted by molar-refractivity contribution is 0.301. The van der Waals surface area contributed by atoms with Crippen LogP contribution in [0.25, 0.3) is 0 Å². The normalized spacial score (nSPS) is 10.1. The standard InChI is InChI=1S/C16H15BrN2O/c17-15-6-2-5-14(7-8-18)16(15)20-11-13-4-1-3-12(9-13)10-19/h1-6,9H,7-8,11,18H2. The molecule has 4 heteroatoms. The van der Waals surface area contributed by atoms with E-state index in [2.05, 4.69) is 22.0 Å². The summed E-state index contributed by atoms with van der Waals surface area (Å²) in [4.78, 5) is 0. The largest absolute Gasteiger partial charge is 0.487 e. The van der Waals surface area contributed by atoms with Crippen molar-refractivity contribution in [2.24, 2.45) is 5.73 Å². The summed E-state index contributed by atoms with van der Waals surface area (Å²) in [5, 5.41) is 8.89. The lowest BCUT2D eigenvalue weighted by Crippen LogP contribution is -2.06. The number of hydrogen-bond donors (Lipinski definition) is 1. The molecular weight excluding hydrogens is 316 g/mol. The minimum absolute atomic E-state index is 0.426. The quantitative estimate of drug-likeness (QED) is 0.913. The van der Waals surface area contributed by atoms with Gasteiger partial charge in [0.25, 0.3) is 0 Å². The Hall–Kier alpha value is -1.83. The first-order valence-corrected chi connectivity index (χ1v) is 7.13. The van der Waals surface area contributed by atoms with Crippen LogP contribution < -0.4 is 10.5 Å². The van der Waals surface area contributed by atoms with Crippen LogP contribution in [0.1, 0.15) is 16.7 Å². The highest BCUT2D eigenvalue weighted by molar-refractivity contribution is 9.10. The van der Waals surface area contributed by atoms with Crippen LogP contribution in [-0.2, 0) is 13.0 Å². The fourth-order valence-corrected chi connectivity index (χ4v) is 2.48. The smallest absolute Gasteiger partial charge is 0.137 e. The second-order valence-electron chi connectivity index (χ2n) is 4.37. The van der Waals surface area contributed by atoms with E-state index in [1.165, 1.54) is 0 Å². The molecule has 0 aliphatic heterocycles. The molecule has 0 bridgehead atoms. The van der Waals surface area contributed by atoms with Gasteiger partial charge in [0.05, 0.1) is 16.1 Å². The zero-order valence-electron chi connectivity index (χ0n) is 11.0. The molecule has 0 saturated carbocycles. The molecule has 0 atom stereocenters. The summed E-state index contributed by atoms with van der Waals surface area (Å²) in [5.74, 6) is 0.820. The van der Waals surface area contributed by atoms with Gasteiger partial charge in [-0.3, -0.25) is 0 Å². The second-order valence-corrected chi connectivity index (χ2v) is 5.22. The monoisotopic (exact) mass is 330 g/mol. The number of nitrogens with two attached hydrogens (primary N) is 1. The molecule has 0 amide bonds. The molecule has 3 nitrogen and oxygen atoms in total. The SMILES string of the molecule is N#Cc1cccc(COc2c(Br)cccc2CCN)c1. The molecule has 0 spiro atoms. The Morgan fingerprint density at radius 1 is 1.20 bits per heavy atom. The van der Waals surface area contributed by atoms with Crippen LogP contribution in [0.3, 0.4) is 0 Å². The predicted molar refractivity (Wildman–Crippen MR) is 82.4 cm³/mol. The topological polar surface area (TPSA) is 59.0 Å². The van der Waals surface area contributed by atoms with Crippen molar-refractivity contribution in [3.05, 3.63) is 63.6 Å². The molecule has 2 rings (SSSR count). The van der Waals surface area contributed by atoms with Crippen LogP contribution in [-0.4, -0.2) is 6.54 Å². The van der Waals surface area contributed by atoms with Gasteiger partial charge >= 0.3 is 0 Å². The fraction of sp³-hybridized carbons (Fsp3) is 0.188. The van der Waals surface area contributed by atoms with E-state index in [0.717, 1.165) is 27.8 Å². The fourth-order valence-electron chi connectivity index (χ4n) is 1.95.